The van der Waals surface area contributed by atoms with Gasteiger partial charge in [-0.15, -0.1) is 0 Å². The van der Waals surface area contributed by atoms with Gasteiger partial charge < -0.3 is 15.0 Å². The highest BCUT2D eigenvalue weighted by Gasteiger charge is 2.23. The van der Waals surface area contributed by atoms with E-state index in [1.165, 1.54) is 42.6 Å². The zero-order valence-electron chi connectivity index (χ0n) is 13.4. The predicted octanol–water partition coefficient (Wildman–Crippen LogP) is 3.15. The number of nitrogens with one attached hydrogen (secondary N) is 1. The Balaban J connectivity index is 1.75. The molecule has 1 saturated heterocycles. The van der Waals surface area contributed by atoms with Crippen molar-refractivity contribution in [1.29, 1.82) is 0 Å². The third-order valence-corrected chi connectivity index (χ3v) is 4.83. The number of ether oxygens (including phenoxy) is 1. The third kappa shape index (κ3) is 3.41. The standard InChI is InChI=1S/C18H28N2O/c1-3-19-14(2)16-6-7-18-17(11-16)5-4-9-20(18)12-15-8-10-21-13-15/h6-7,11,14-15,19H,3-5,8-10,12-13H2,1-2H3. The lowest BCUT2D eigenvalue weighted by Crippen LogP contribution is -2.34. The van der Waals surface area contributed by atoms with Crippen LogP contribution >= 0.6 is 0 Å². The van der Waals surface area contributed by atoms with Crippen LogP contribution in [0.2, 0.25) is 0 Å². The molecule has 0 amide bonds. The molecule has 1 fully saturated rings. The fourth-order valence-corrected chi connectivity index (χ4v) is 3.62. The van der Waals surface area contributed by atoms with Gasteiger partial charge in [-0.2, -0.15) is 0 Å². The van der Waals surface area contributed by atoms with Gasteiger partial charge in [-0.3, -0.25) is 0 Å². The number of nitrogens with zero attached hydrogens (tertiary/aromatic N) is 1. The maximum absolute atomic E-state index is 5.53. The monoisotopic (exact) mass is 288 g/mol. The van der Waals surface area contributed by atoms with Gasteiger partial charge in [0.15, 0.2) is 0 Å². The Bertz CT molecular complexity index is 468. The van der Waals surface area contributed by atoms with E-state index in [1.807, 2.05) is 0 Å². The van der Waals surface area contributed by atoms with Gasteiger partial charge in [-0.05, 0) is 49.9 Å². The molecule has 3 nitrogen and oxygen atoms in total. The quantitative estimate of drug-likeness (QED) is 0.901. The van der Waals surface area contributed by atoms with E-state index in [2.05, 4.69) is 42.3 Å². The Labute approximate surface area is 128 Å². The molecule has 2 heterocycles. The first kappa shape index (κ1) is 14.9. The van der Waals surface area contributed by atoms with E-state index >= 15 is 0 Å². The minimum Gasteiger partial charge on any atom is -0.381 e. The van der Waals surface area contributed by atoms with Gasteiger partial charge in [0.05, 0.1) is 6.61 Å². The van der Waals surface area contributed by atoms with Crippen LogP contribution in [0.25, 0.3) is 0 Å². The van der Waals surface area contributed by atoms with Crippen LogP contribution in [0.1, 0.15) is 43.9 Å². The molecule has 1 aromatic carbocycles. The van der Waals surface area contributed by atoms with Gasteiger partial charge in [0.25, 0.3) is 0 Å². The molecule has 1 aromatic rings. The SMILES string of the molecule is CCNC(C)c1ccc2c(c1)CCCN2CC1CCOC1. The summed E-state index contributed by atoms with van der Waals surface area (Å²) in [5.74, 6) is 0.719. The van der Waals surface area contributed by atoms with Crippen molar-refractivity contribution < 1.29 is 4.74 Å². The number of anilines is 1. The molecule has 2 atom stereocenters. The van der Waals surface area contributed by atoms with Crippen molar-refractivity contribution in [3.63, 3.8) is 0 Å². The van der Waals surface area contributed by atoms with Crippen molar-refractivity contribution in [2.75, 3.05) is 37.7 Å². The topological polar surface area (TPSA) is 24.5 Å². The Morgan fingerprint density at radius 3 is 3.10 bits per heavy atom. The second-order valence-electron chi connectivity index (χ2n) is 6.45. The van der Waals surface area contributed by atoms with Crippen molar-refractivity contribution in [1.82, 2.24) is 5.32 Å². The maximum Gasteiger partial charge on any atom is 0.0512 e. The Hall–Kier alpha value is -1.06. The van der Waals surface area contributed by atoms with Crippen molar-refractivity contribution in [3.05, 3.63) is 29.3 Å². The molecule has 0 aliphatic carbocycles. The van der Waals surface area contributed by atoms with E-state index in [0.29, 0.717) is 6.04 Å². The fraction of sp³-hybridized carbons (Fsp3) is 0.667. The summed E-state index contributed by atoms with van der Waals surface area (Å²) >= 11 is 0. The van der Waals surface area contributed by atoms with Crippen LogP contribution in [0.15, 0.2) is 18.2 Å². The van der Waals surface area contributed by atoms with Crippen LogP contribution in [0.3, 0.4) is 0 Å². The first-order valence-electron chi connectivity index (χ1n) is 8.47. The van der Waals surface area contributed by atoms with Gasteiger partial charge in [0.1, 0.15) is 0 Å². The summed E-state index contributed by atoms with van der Waals surface area (Å²) in [5.41, 5.74) is 4.41. The molecule has 0 radical (unpaired) electrons. The predicted molar refractivity (Wildman–Crippen MR) is 88.0 cm³/mol. The molecular formula is C18H28N2O. The van der Waals surface area contributed by atoms with E-state index in [-0.39, 0.29) is 0 Å². The highest BCUT2D eigenvalue weighted by atomic mass is 16.5. The van der Waals surface area contributed by atoms with Crippen molar-refractivity contribution >= 4 is 5.69 Å². The smallest absolute Gasteiger partial charge is 0.0512 e. The van der Waals surface area contributed by atoms with E-state index in [1.54, 1.807) is 0 Å². The zero-order chi connectivity index (χ0) is 14.7. The second-order valence-corrected chi connectivity index (χ2v) is 6.45. The second kappa shape index (κ2) is 6.80. The van der Waals surface area contributed by atoms with Gasteiger partial charge in [-0.1, -0.05) is 19.1 Å². The van der Waals surface area contributed by atoms with E-state index in [9.17, 15) is 0 Å². The number of rotatable bonds is 5. The summed E-state index contributed by atoms with van der Waals surface area (Å²) in [5, 5.41) is 3.51. The summed E-state index contributed by atoms with van der Waals surface area (Å²) in [7, 11) is 0. The lowest BCUT2D eigenvalue weighted by molar-refractivity contribution is 0.186. The highest BCUT2D eigenvalue weighted by molar-refractivity contribution is 5.57. The van der Waals surface area contributed by atoms with Gasteiger partial charge in [-0.25, -0.2) is 0 Å². The number of fused-ring (bicyclic) bond motifs is 1. The average Bonchev–Trinajstić information content (AvgIpc) is 3.00. The fourth-order valence-electron chi connectivity index (χ4n) is 3.62. The van der Waals surface area contributed by atoms with Crippen LogP contribution in [-0.2, 0) is 11.2 Å². The average molecular weight is 288 g/mol. The molecule has 3 heteroatoms. The lowest BCUT2D eigenvalue weighted by atomic mass is 9.95. The number of benzene rings is 1. The molecule has 1 N–H and O–H groups in total. The summed E-state index contributed by atoms with van der Waals surface area (Å²) < 4.78 is 5.53. The molecule has 2 aliphatic rings. The normalized spacial score (nSPS) is 23.1. The third-order valence-electron chi connectivity index (χ3n) is 4.83. The Morgan fingerprint density at radius 1 is 1.43 bits per heavy atom. The highest BCUT2D eigenvalue weighted by Crippen LogP contribution is 2.31. The van der Waals surface area contributed by atoms with Gasteiger partial charge in [0.2, 0.25) is 0 Å². The van der Waals surface area contributed by atoms with Crippen LogP contribution in [0, 0.1) is 5.92 Å². The molecular weight excluding hydrogens is 260 g/mol. The Kier molecular flexibility index (Phi) is 4.81. The minimum absolute atomic E-state index is 0.443. The molecule has 0 saturated carbocycles. The van der Waals surface area contributed by atoms with Crippen molar-refractivity contribution in [2.45, 2.75) is 39.2 Å². The van der Waals surface area contributed by atoms with E-state index in [4.69, 9.17) is 4.74 Å². The lowest BCUT2D eigenvalue weighted by Gasteiger charge is -2.33. The molecule has 2 aliphatic heterocycles. The number of hydrogen-bond acceptors (Lipinski definition) is 3. The van der Waals surface area contributed by atoms with Gasteiger partial charge >= 0.3 is 0 Å². The van der Waals surface area contributed by atoms with Crippen LogP contribution in [-0.4, -0.2) is 32.8 Å². The summed E-state index contributed by atoms with van der Waals surface area (Å²) in [6.45, 7) is 9.70. The van der Waals surface area contributed by atoms with Crippen LogP contribution < -0.4 is 10.2 Å². The number of hydrogen-bond donors (Lipinski definition) is 1. The molecule has 3 rings (SSSR count). The first-order chi connectivity index (χ1) is 10.3. The molecule has 0 aromatic heterocycles. The Morgan fingerprint density at radius 2 is 2.33 bits per heavy atom. The van der Waals surface area contributed by atoms with Crippen molar-refractivity contribution in [2.24, 2.45) is 5.92 Å². The van der Waals surface area contributed by atoms with Crippen LogP contribution in [0.5, 0.6) is 0 Å². The van der Waals surface area contributed by atoms with Crippen molar-refractivity contribution in [3.8, 4) is 0 Å². The molecule has 116 valence electrons. The molecule has 2 unspecified atom stereocenters. The van der Waals surface area contributed by atoms with E-state index < -0.39 is 0 Å². The zero-order valence-corrected chi connectivity index (χ0v) is 13.4. The summed E-state index contributed by atoms with van der Waals surface area (Å²) in [6, 6.07) is 7.50. The van der Waals surface area contributed by atoms with Crippen LogP contribution in [0.4, 0.5) is 5.69 Å². The minimum atomic E-state index is 0.443. The van der Waals surface area contributed by atoms with Gasteiger partial charge in [0, 0.05) is 37.3 Å². The largest absolute Gasteiger partial charge is 0.381 e. The number of aryl methyl sites for hydroxylation is 1. The van der Waals surface area contributed by atoms with E-state index in [0.717, 1.165) is 32.2 Å². The summed E-state index contributed by atoms with van der Waals surface area (Å²) in [6.07, 6.45) is 3.72. The molecule has 0 bridgehead atoms. The first-order valence-corrected chi connectivity index (χ1v) is 8.47. The summed E-state index contributed by atoms with van der Waals surface area (Å²) in [4.78, 5) is 2.58. The molecule has 21 heavy (non-hydrogen) atoms. The maximum atomic E-state index is 5.53. The molecule has 0 spiro atoms.